The van der Waals surface area contributed by atoms with Crippen molar-refractivity contribution in [1.29, 1.82) is 0 Å². The highest BCUT2D eigenvalue weighted by atomic mass is 32.1. The van der Waals surface area contributed by atoms with Gasteiger partial charge in [-0.2, -0.15) is 5.10 Å². The van der Waals surface area contributed by atoms with Gasteiger partial charge in [-0.15, -0.1) is 11.3 Å². The predicted octanol–water partition coefficient (Wildman–Crippen LogP) is 2.47. The third-order valence-electron chi connectivity index (χ3n) is 5.10. The number of aliphatic hydroxyl groups excluding tert-OH is 1. The van der Waals surface area contributed by atoms with Crippen molar-refractivity contribution in [2.75, 3.05) is 27.2 Å². The lowest BCUT2D eigenvalue weighted by Gasteiger charge is -2.24. The first-order chi connectivity index (χ1) is 13.2. The number of Topliss-reactive ketones (excluding diaryl/α,β-unsaturated/α-hetero) is 1. The average Bonchev–Trinajstić information content (AvgIpc) is 3.29. The van der Waals surface area contributed by atoms with E-state index in [1.807, 2.05) is 43.4 Å². The van der Waals surface area contributed by atoms with Crippen molar-refractivity contribution in [3.8, 4) is 0 Å². The molecule has 1 aliphatic heterocycles. The maximum atomic E-state index is 12.9. The van der Waals surface area contributed by atoms with Gasteiger partial charge in [-0.1, -0.05) is 6.07 Å². The molecule has 0 aromatic carbocycles. The summed E-state index contributed by atoms with van der Waals surface area (Å²) in [6.07, 6.45) is 0.743. The van der Waals surface area contributed by atoms with E-state index in [9.17, 15) is 14.7 Å². The Morgan fingerprint density at radius 2 is 2.04 bits per heavy atom. The Morgan fingerprint density at radius 3 is 2.57 bits per heavy atom. The lowest BCUT2D eigenvalue weighted by Crippen LogP contribution is -2.32. The van der Waals surface area contributed by atoms with E-state index in [-0.39, 0.29) is 11.3 Å². The zero-order valence-corrected chi connectivity index (χ0v) is 17.7. The van der Waals surface area contributed by atoms with Gasteiger partial charge in [0.15, 0.2) is 0 Å². The lowest BCUT2D eigenvalue weighted by atomic mass is 9.99. The summed E-state index contributed by atoms with van der Waals surface area (Å²) >= 11 is 1.48. The van der Waals surface area contributed by atoms with Gasteiger partial charge in [0.1, 0.15) is 5.76 Å². The van der Waals surface area contributed by atoms with Crippen molar-refractivity contribution >= 4 is 28.8 Å². The van der Waals surface area contributed by atoms with E-state index in [0.717, 1.165) is 23.5 Å². The summed E-state index contributed by atoms with van der Waals surface area (Å²) in [4.78, 5) is 30.2. The van der Waals surface area contributed by atoms with E-state index in [1.54, 1.807) is 23.6 Å². The smallest absolute Gasteiger partial charge is 0.295 e. The van der Waals surface area contributed by atoms with Crippen LogP contribution >= 0.6 is 11.3 Å². The molecule has 1 saturated heterocycles. The number of nitrogens with zero attached hydrogens (tertiary/aromatic N) is 4. The Morgan fingerprint density at radius 1 is 1.32 bits per heavy atom. The standard InChI is InChI=1S/C20H26N4O3S/c1-12-15(13(2)23(5)21-12)18(25)16-17(14-8-6-11-28-14)24(20(27)19(16)26)10-7-9-22(3)4/h6,8,11,17,25H,7,9-10H2,1-5H3/t17-/m0/s1. The molecule has 0 saturated carbocycles. The minimum absolute atomic E-state index is 0.144. The molecular weight excluding hydrogens is 376 g/mol. The normalized spacial score (nSPS) is 19.2. The van der Waals surface area contributed by atoms with Crippen molar-refractivity contribution in [3.05, 3.63) is 44.9 Å². The Hall–Kier alpha value is -2.45. The maximum Gasteiger partial charge on any atom is 0.295 e. The number of rotatable bonds is 6. The minimum atomic E-state index is -0.636. The number of hydrogen-bond donors (Lipinski definition) is 1. The van der Waals surface area contributed by atoms with Gasteiger partial charge in [-0.3, -0.25) is 14.3 Å². The van der Waals surface area contributed by atoms with Crippen molar-refractivity contribution in [1.82, 2.24) is 19.6 Å². The van der Waals surface area contributed by atoms with E-state index in [0.29, 0.717) is 17.8 Å². The first kappa shape index (κ1) is 20.3. The summed E-state index contributed by atoms with van der Waals surface area (Å²) < 4.78 is 1.66. The van der Waals surface area contributed by atoms with Crippen LogP contribution in [0.5, 0.6) is 0 Å². The van der Waals surface area contributed by atoms with Gasteiger partial charge in [0, 0.05) is 24.2 Å². The number of carbonyl (C=O) groups excluding carboxylic acids is 2. The van der Waals surface area contributed by atoms with Gasteiger partial charge in [0.05, 0.1) is 22.9 Å². The molecule has 0 aliphatic carbocycles. The zero-order valence-electron chi connectivity index (χ0n) is 16.9. The molecule has 1 aliphatic rings. The van der Waals surface area contributed by atoms with Crippen LogP contribution in [0.2, 0.25) is 0 Å². The van der Waals surface area contributed by atoms with Crippen molar-refractivity contribution in [2.45, 2.75) is 26.3 Å². The number of thiophene rings is 1. The molecule has 28 heavy (non-hydrogen) atoms. The number of aliphatic hydroxyl groups is 1. The van der Waals surface area contributed by atoms with Crippen LogP contribution < -0.4 is 0 Å². The second kappa shape index (κ2) is 7.89. The van der Waals surface area contributed by atoms with E-state index < -0.39 is 17.7 Å². The SMILES string of the molecule is Cc1nn(C)c(C)c1C(O)=C1C(=O)C(=O)N(CCCN(C)C)[C@H]1c1cccs1. The van der Waals surface area contributed by atoms with E-state index in [2.05, 4.69) is 5.10 Å². The molecule has 3 heterocycles. The molecule has 3 rings (SSSR count). The molecule has 1 atom stereocenters. The van der Waals surface area contributed by atoms with Crippen molar-refractivity contribution in [2.24, 2.45) is 7.05 Å². The molecule has 2 aromatic heterocycles. The molecule has 1 N–H and O–H groups in total. The van der Waals surface area contributed by atoms with Gasteiger partial charge in [0.25, 0.3) is 11.7 Å². The molecule has 8 heteroatoms. The number of ketones is 1. The fraction of sp³-hybridized carbons (Fsp3) is 0.450. The predicted molar refractivity (Wildman–Crippen MR) is 109 cm³/mol. The number of aryl methyl sites for hydroxylation is 2. The first-order valence-corrected chi connectivity index (χ1v) is 10.1. The lowest BCUT2D eigenvalue weighted by molar-refractivity contribution is -0.139. The molecular formula is C20H26N4O3S. The Labute approximate surface area is 168 Å². The minimum Gasteiger partial charge on any atom is -0.507 e. The summed E-state index contributed by atoms with van der Waals surface area (Å²) in [6.45, 7) is 4.88. The number of carbonyl (C=O) groups is 2. The van der Waals surface area contributed by atoms with Crippen molar-refractivity contribution in [3.63, 3.8) is 0 Å². The molecule has 0 spiro atoms. The summed E-state index contributed by atoms with van der Waals surface area (Å²) in [6, 6.07) is 3.22. The van der Waals surface area contributed by atoms with E-state index >= 15 is 0 Å². The van der Waals surface area contributed by atoms with E-state index in [4.69, 9.17) is 0 Å². The molecule has 2 aromatic rings. The summed E-state index contributed by atoms with van der Waals surface area (Å²) in [5.41, 5.74) is 2.05. The van der Waals surface area contributed by atoms with Crippen LogP contribution in [0.25, 0.3) is 5.76 Å². The van der Waals surface area contributed by atoms with Crippen LogP contribution in [-0.2, 0) is 16.6 Å². The summed E-state index contributed by atoms with van der Waals surface area (Å²) in [5, 5.41) is 17.4. The van der Waals surface area contributed by atoms with Crippen LogP contribution in [0.15, 0.2) is 23.1 Å². The quantitative estimate of drug-likeness (QED) is 0.456. The number of aromatic nitrogens is 2. The van der Waals surface area contributed by atoms with E-state index in [1.165, 1.54) is 11.3 Å². The second-order valence-electron chi connectivity index (χ2n) is 7.33. The van der Waals surface area contributed by atoms with Gasteiger partial charge in [-0.25, -0.2) is 0 Å². The van der Waals surface area contributed by atoms with Gasteiger partial charge in [0.2, 0.25) is 0 Å². The molecule has 1 amide bonds. The molecule has 7 nitrogen and oxygen atoms in total. The third-order valence-corrected chi connectivity index (χ3v) is 6.03. The number of amides is 1. The molecule has 0 unspecified atom stereocenters. The second-order valence-corrected chi connectivity index (χ2v) is 8.31. The highest BCUT2D eigenvalue weighted by Crippen LogP contribution is 2.41. The molecule has 1 fully saturated rings. The zero-order chi connectivity index (χ0) is 20.6. The Kier molecular flexibility index (Phi) is 5.71. The Bertz CT molecular complexity index is 928. The fourth-order valence-electron chi connectivity index (χ4n) is 3.66. The summed E-state index contributed by atoms with van der Waals surface area (Å²) in [7, 11) is 5.73. The van der Waals surface area contributed by atoms with Crippen LogP contribution in [-0.4, -0.2) is 63.6 Å². The maximum absolute atomic E-state index is 12.9. The number of likely N-dealkylation sites (tertiary alicyclic amines) is 1. The first-order valence-electron chi connectivity index (χ1n) is 9.21. The highest BCUT2D eigenvalue weighted by molar-refractivity contribution is 7.10. The number of hydrogen-bond acceptors (Lipinski definition) is 6. The molecule has 0 radical (unpaired) electrons. The fourth-order valence-corrected chi connectivity index (χ4v) is 4.51. The third kappa shape index (κ3) is 3.49. The van der Waals surface area contributed by atoms with Crippen LogP contribution in [0.4, 0.5) is 0 Å². The largest absolute Gasteiger partial charge is 0.507 e. The average molecular weight is 403 g/mol. The molecule has 0 bridgehead atoms. The highest BCUT2D eigenvalue weighted by Gasteiger charge is 2.46. The topological polar surface area (TPSA) is 78.7 Å². The van der Waals surface area contributed by atoms with Gasteiger partial charge < -0.3 is 14.9 Å². The van der Waals surface area contributed by atoms with Crippen LogP contribution in [0, 0.1) is 13.8 Å². The monoisotopic (exact) mass is 402 g/mol. The molecule has 150 valence electrons. The van der Waals surface area contributed by atoms with Gasteiger partial charge >= 0.3 is 0 Å². The van der Waals surface area contributed by atoms with Crippen LogP contribution in [0.3, 0.4) is 0 Å². The summed E-state index contributed by atoms with van der Waals surface area (Å²) in [5.74, 6) is -1.34. The Balaban J connectivity index is 2.10. The van der Waals surface area contributed by atoms with Gasteiger partial charge in [-0.05, 0) is 52.4 Å². The van der Waals surface area contributed by atoms with Crippen LogP contribution in [0.1, 0.15) is 34.3 Å². The van der Waals surface area contributed by atoms with Crippen molar-refractivity contribution < 1.29 is 14.7 Å².